The van der Waals surface area contributed by atoms with Gasteiger partial charge < -0.3 is 10.1 Å². The summed E-state index contributed by atoms with van der Waals surface area (Å²) in [6.07, 6.45) is -4.53. The number of hydrogen-bond donors (Lipinski definition) is 1. The minimum atomic E-state index is -4.53. The maximum absolute atomic E-state index is 13.7. The fourth-order valence-electron chi connectivity index (χ4n) is 2.15. The van der Waals surface area contributed by atoms with E-state index in [0.29, 0.717) is 5.56 Å². The number of carbonyl (C=O) groups is 1. The van der Waals surface area contributed by atoms with Gasteiger partial charge in [0.05, 0.1) is 18.7 Å². The van der Waals surface area contributed by atoms with Crippen molar-refractivity contribution >= 4 is 5.91 Å². The highest BCUT2D eigenvalue weighted by Crippen LogP contribution is 2.29. The number of carbonyl (C=O) groups excluding carboxylic acids is 1. The zero-order valence-electron chi connectivity index (χ0n) is 12.9. The lowest BCUT2D eigenvalue weighted by Crippen LogP contribution is -2.27. The molecule has 3 nitrogen and oxygen atoms in total. The molecule has 0 aliphatic heterocycles. The van der Waals surface area contributed by atoms with Crippen molar-refractivity contribution in [3.63, 3.8) is 0 Å². The summed E-state index contributed by atoms with van der Waals surface area (Å²) in [6.45, 7) is 1.60. The van der Waals surface area contributed by atoms with E-state index in [-0.39, 0.29) is 11.3 Å². The molecule has 2 aromatic carbocycles. The number of alkyl halides is 3. The maximum atomic E-state index is 13.7. The second kappa shape index (κ2) is 6.90. The molecular weight excluding hydrogens is 326 g/mol. The van der Waals surface area contributed by atoms with Gasteiger partial charge in [0, 0.05) is 5.56 Å². The van der Waals surface area contributed by atoms with Gasteiger partial charge in [-0.2, -0.15) is 13.2 Å². The lowest BCUT2D eigenvalue weighted by molar-refractivity contribution is -0.137. The van der Waals surface area contributed by atoms with Crippen LogP contribution in [0, 0.1) is 5.82 Å². The molecule has 2 rings (SSSR count). The summed E-state index contributed by atoms with van der Waals surface area (Å²) in [6, 6.07) is 7.70. The molecule has 0 saturated heterocycles. The van der Waals surface area contributed by atoms with Crippen LogP contribution in [0.25, 0.3) is 0 Å². The highest BCUT2D eigenvalue weighted by atomic mass is 19.4. The topological polar surface area (TPSA) is 38.3 Å². The Kier molecular flexibility index (Phi) is 5.11. The second-order valence-corrected chi connectivity index (χ2v) is 5.17. The normalized spacial score (nSPS) is 12.6. The molecule has 0 radical (unpaired) electrons. The largest absolute Gasteiger partial charge is 0.494 e. The molecule has 1 atom stereocenters. The Balaban J connectivity index is 2.16. The minimum absolute atomic E-state index is 0.0650. The fourth-order valence-corrected chi connectivity index (χ4v) is 2.15. The molecule has 7 heteroatoms. The van der Waals surface area contributed by atoms with E-state index >= 15 is 0 Å². The standard InChI is InChI=1S/C17H15F4NO2/c1-10(11-6-7-15(24-2)14(18)9-11)22-16(23)12-4-3-5-13(8-12)17(19,20)21/h3-10H,1-2H3,(H,22,23). The van der Waals surface area contributed by atoms with Crippen LogP contribution in [-0.4, -0.2) is 13.0 Å². The van der Waals surface area contributed by atoms with Crippen LogP contribution in [0.15, 0.2) is 42.5 Å². The zero-order valence-corrected chi connectivity index (χ0v) is 12.9. The first-order valence-electron chi connectivity index (χ1n) is 7.04. The summed E-state index contributed by atoms with van der Waals surface area (Å²) in [5.74, 6) is -1.20. The van der Waals surface area contributed by atoms with E-state index in [1.807, 2.05) is 0 Å². The molecule has 128 valence electrons. The van der Waals surface area contributed by atoms with Gasteiger partial charge in [-0.1, -0.05) is 12.1 Å². The monoisotopic (exact) mass is 341 g/mol. The van der Waals surface area contributed by atoms with Gasteiger partial charge in [0.1, 0.15) is 0 Å². The molecule has 0 saturated carbocycles. The lowest BCUT2D eigenvalue weighted by Gasteiger charge is -2.16. The summed E-state index contributed by atoms with van der Waals surface area (Å²) >= 11 is 0. The van der Waals surface area contributed by atoms with Crippen LogP contribution in [-0.2, 0) is 6.18 Å². The van der Waals surface area contributed by atoms with Crippen LogP contribution in [0.5, 0.6) is 5.75 Å². The number of halogens is 4. The number of ether oxygens (including phenoxy) is 1. The van der Waals surface area contributed by atoms with Crippen LogP contribution in [0.2, 0.25) is 0 Å². The highest BCUT2D eigenvalue weighted by Gasteiger charge is 2.31. The molecule has 0 fully saturated rings. The van der Waals surface area contributed by atoms with E-state index in [9.17, 15) is 22.4 Å². The average molecular weight is 341 g/mol. The summed E-state index contributed by atoms with van der Waals surface area (Å²) < 4.78 is 56.6. The van der Waals surface area contributed by atoms with E-state index in [1.165, 1.54) is 25.3 Å². The van der Waals surface area contributed by atoms with Crippen molar-refractivity contribution in [3.05, 3.63) is 65.0 Å². The average Bonchev–Trinajstić information content (AvgIpc) is 2.54. The number of benzene rings is 2. The number of methoxy groups -OCH3 is 1. The Bertz CT molecular complexity index is 744. The van der Waals surface area contributed by atoms with Gasteiger partial charge in [-0.05, 0) is 42.8 Å². The SMILES string of the molecule is COc1ccc(C(C)NC(=O)c2cccc(C(F)(F)F)c2)cc1F. The summed E-state index contributed by atoms with van der Waals surface area (Å²) in [4.78, 5) is 12.1. The van der Waals surface area contributed by atoms with Crippen molar-refractivity contribution in [2.24, 2.45) is 0 Å². The molecule has 2 aromatic rings. The summed E-state index contributed by atoms with van der Waals surface area (Å²) in [5.41, 5.74) is -0.558. The molecule has 0 spiro atoms. The van der Waals surface area contributed by atoms with Crippen LogP contribution in [0.3, 0.4) is 0 Å². The quantitative estimate of drug-likeness (QED) is 0.840. The van der Waals surface area contributed by atoms with E-state index in [1.54, 1.807) is 13.0 Å². The van der Waals surface area contributed by atoms with E-state index in [4.69, 9.17) is 4.74 Å². The van der Waals surface area contributed by atoms with Gasteiger partial charge in [0.15, 0.2) is 11.6 Å². The van der Waals surface area contributed by atoms with E-state index < -0.39 is 29.5 Å². The minimum Gasteiger partial charge on any atom is -0.494 e. The van der Waals surface area contributed by atoms with Gasteiger partial charge in [-0.15, -0.1) is 0 Å². The Hall–Kier alpha value is -2.57. The number of nitrogens with one attached hydrogen (secondary N) is 1. The van der Waals surface area contributed by atoms with Crippen molar-refractivity contribution in [1.29, 1.82) is 0 Å². The maximum Gasteiger partial charge on any atom is 0.416 e. The van der Waals surface area contributed by atoms with Crippen LogP contribution in [0.4, 0.5) is 17.6 Å². The first-order valence-corrected chi connectivity index (χ1v) is 7.04. The predicted octanol–water partition coefficient (Wildman–Crippen LogP) is 4.34. The summed E-state index contributed by atoms with van der Waals surface area (Å²) in [7, 11) is 1.33. The zero-order chi connectivity index (χ0) is 17.9. The van der Waals surface area contributed by atoms with Gasteiger partial charge >= 0.3 is 6.18 Å². The van der Waals surface area contributed by atoms with E-state index in [0.717, 1.165) is 18.2 Å². The van der Waals surface area contributed by atoms with Gasteiger partial charge in [-0.3, -0.25) is 4.79 Å². The third-order valence-corrected chi connectivity index (χ3v) is 3.48. The lowest BCUT2D eigenvalue weighted by atomic mass is 10.1. The van der Waals surface area contributed by atoms with E-state index in [2.05, 4.69) is 5.32 Å². The molecule has 0 bridgehead atoms. The first kappa shape index (κ1) is 17.8. The van der Waals surface area contributed by atoms with Gasteiger partial charge in [-0.25, -0.2) is 4.39 Å². The summed E-state index contributed by atoms with van der Waals surface area (Å²) in [5, 5.41) is 2.54. The third-order valence-electron chi connectivity index (χ3n) is 3.48. The molecule has 0 aromatic heterocycles. The predicted molar refractivity (Wildman–Crippen MR) is 80.3 cm³/mol. The van der Waals surface area contributed by atoms with Crippen molar-refractivity contribution in [3.8, 4) is 5.75 Å². The molecule has 1 amide bonds. The molecule has 1 N–H and O–H groups in total. The number of hydrogen-bond acceptors (Lipinski definition) is 2. The molecule has 0 aliphatic rings. The van der Waals surface area contributed by atoms with Crippen LogP contribution >= 0.6 is 0 Å². The van der Waals surface area contributed by atoms with Gasteiger partial charge in [0.2, 0.25) is 0 Å². The second-order valence-electron chi connectivity index (χ2n) is 5.17. The number of amides is 1. The van der Waals surface area contributed by atoms with Crippen molar-refractivity contribution in [1.82, 2.24) is 5.32 Å². The Labute approximate surface area is 136 Å². The highest BCUT2D eigenvalue weighted by molar-refractivity contribution is 5.94. The molecule has 0 aliphatic carbocycles. The van der Waals surface area contributed by atoms with Crippen molar-refractivity contribution < 1.29 is 27.1 Å². The number of rotatable bonds is 4. The van der Waals surface area contributed by atoms with Crippen molar-refractivity contribution in [2.75, 3.05) is 7.11 Å². The van der Waals surface area contributed by atoms with Crippen LogP contribution < -0.4 is 10.1 Å². The smallest absolute Gasteiger partial charge is 0.416 e. The fraction of sp³-hybridized carbons (Fsp3) is 0.235. The van der Waals surface area contributed by atoms with Crippen molar-refractivity contribution in [2.45, 2.75) is 19.1 Å². The Morgan fingerprint density at radius 3 is 2.46 bits per heavy atom. The Morgan fingerprint density at radius 2 is 1.88 bits per heavy atom. The first-order chi connectivity index (χ1) is 11.2. The third kappa shape index (κ3) is 4.04. The molecule has 24 heavy (non-hydrogen) atoms. The van der Waals surface area contributed by atoms with Gasteiger partial charge in [0.25, 0.3) is 5.91 Å². The Morgan fingerprint density at radius 1 is 1.17 bits per heavy atom. The molecular formula is C17H15F4NO2. The molecule has 0 heterocycles. The van der Waals surface area contributed by atoms with Crippen LogP contribution in [0.1, 0.15) is 34.5 Å². The molecule has 1 unspecified atom stereocenters.